The minimum atomic E-state index is -0.389. The average Bonchev–Trinajstić information content (AvgIpc) is 2.80. The fourth-order valence-corrected chi connectivity index (χ4v) is 2.28. The van der Waals surface area contributed by atoms with E-state index in [-0.39, 0.29) is 12.0 Å². The smallest absolute Gasteiger partial charge is 0.252 e. The molecule has 1 unspecified atom stereocenters. The third kappa shape index (κ3) is 4.32. The van der Waals surface area contributed by atoms with E-state index in [4.69, 9.17) is 4.74 Å². The first kappa shape index (κ1) is 13.9. The molecule has 94 valence electrons. The molecule has 0 saturated carbocycles. The molecular formula is C13H19NO2S. The van der Waals surface area contributed by atoms with Gasteiger partial charge in [0.25, 0.3) is 5.91 Å². The van der Waals surface area contributed by atoms with Crippen LogP contribution in [0.4, 0.5) is 0 Å². The number of rotatable bonds is 7. The van der Waals surface area contributed by atoms with E-state index in [1.807, 2.05) is 24.4 Å². The van der Waals surface area contributed by atoms with E-state index in [0.29, 0.717) is 19.7 Å². The Hall–Kier alpha value is -1.13. The van der Waals surface area contributed by atoms with Crippen molar-refractivity contribution in [1.29, 1.82) is 0 Å². The lowest BCUT2D eigenvalue weighted by molar-refractivity contribution is -0.142. The van der Waals surface area contributed by atoms with Gasteiger partial charge in [0.1, 0.15) is 6.10 Å². The van der Waals surface area contributed by atoms with Gasteiger partial charge in [-0.3, -0.25) is 4.79 Å². The summed E-state index contributed by atoms with van der Waals surface area (Å²) in [5.41, 5.74) is 0. The van der Waals surface area contributed by atoms with Crippen LogP contribution in [0, 0.1) is 0 Å². The molecule has 0 fully saturated rings. The van der Waals surface area contributed by atoms with Gasteiger partial charge in [-0.2, -0.15) is 0 Å². The molecule has 0 bridgehead atoms. The molecule has 1 atom stereocenters. The highest BCUT2D eigenvalue weighted by atomic mass is 32.1. The van der Waals surface area contributed by atoms with Crippen molar-refractivity contribution in [3.8, 4) is 0 Å². The van der Waals surface area contributed by atoms with E-state index in [9.17, 15) is 4.79 Å². The van der Waals surface area contributed by atoms with Crippen molar-refractivity contribution in [3.63, 3.8) is 0 Å². The summed E-state index contributed by atoms with van der Waals surface area (Å²) < 4.78 is 5.33. The van der Waals surface area contributed by atoms with Crippen molar-refractivity contribution in [3.05, 3.63) is 35.0 Å². The molecule has 1 amide bonds. The molecule has 0 aliphatic heterocycles. The molecule has 17 heavy (non-hydrogen) atoms. The van der Waals surface area contributed by atoms with Gasteiger partial charge in [-0.05, 0) is 25.3 Å². The van der Waals surface area contributed by atoms with Gasteiger partial charge in [-0.1, -0.05) is 12.1 Å². The largest absolute Gasteiger partial charge is 0.369 e. The predicted molar refractivity (Wildman–Crippen MR) is 71.0 cm³/mol. The monoisotopic (exact) mass is 253 g/mol. The summed E-state index contributed by atoms with van der Waals surface area (Å²) in [4.78, 5) is 15.0. The molecule has 0 aliphatic carbocycles. The lowest BCUT2D eigenvalue weighted by Crippen LogP contribution is -2.38. The van der Waals surface area contributed by atoms with Crippen molar-refractivity contribution >= 4 is 17.2 Å². The first-order valence-corrected chi connectivity index (χ1v) is 6.60. The molecule has 0 radical (unpaired) electrons. The maximum atomic E-state index is 12.1. The highest BCUT2D eigenvalue weighted by Crippen LogP contribution is 2.13. The van der Waals surface area contributed by atoms with Crippen molar-refractivity contribution in [1.82, 2.24) is 4.90 Å². The number of hydrogen-bond acceptors (Lipinski definition) is 3. The average molecular weight is 253 g/mol. The van der Waals surface area contributed by atoms with Crippen LogP contribution < -0.4 is 0 Å². The minimum absolute atomic E-state index is 0.0140. The standard InChI is InChI=1S/C13H19NO2S/c1-4-8-14(10-12-7-6-9-17-12)13(15)11(3)16-5-2/h4,6-7,9,11H,1,5,8,10H2,2-3H3. The number of carbonyl (C=O) groups is 1. The van der Waals surface area contributed by atoms with Crippen molar-refractivity contribution in [2.24, 2.45) is 0 Å². The summed E-state index contributed by atoms with van der Waals surface area (Å²) in [5.74, 6) is 0.0140. The van der Waals surface area contributed by atoms with Crippen LogP contribution >= 0.6 is 11.3 Å². The molecule has 0 N–H and O–H groups in total. The molecule has 0 aliphatic rings. The van der Waals surface area contributed by atoms with E-state index < -0.39 is 0 Å². The van der Waals surface area contributed by atoms with Crippen LogP contribution in [0.5, 0.6) is 0 Å². The zero-order valence-electron chi connectivity index (χ0n) is 10.4. The number of amides is 1. The lowest BCUT2D eigenvalue weighted by Gasteiger charge is -2.23. The summed E-state index contributed by atoms with van der Waals surface area (Å²) in [6.45, 7) is 9.09. The van der Waals surface area contributed by atoms with Crippen molar-refractivity contribution < 1.29 is 9.53 Å². The molecule has 1 aromatic heterocycles. The highest BCUT2D eigenvalue weighted by molar-refractivity contribution is 7.09. The van der Waals surface area contributed by atoms with Crippen molar-refractivity contribution in [2.75, 3.05) is 13.2 Å². The predicted octanol–water partition coefficient (Wildman–Crippen LogP) is 2.69. The van der Waals surface area contributed by atoms with E-state index in [1.165, 1.54) is 4.88 Å². The van der Waals surface area contributed by atoms with Crippen LogP contribution in [0.15, 0.2) is 30.2 Å². The second-order valence-electron chi connectivity index (χ2n) is 3.68. The van der Waals surface area contributed by atoms with E-state index in [0.717, 1.165) is 0 Å². The van der Waals surface area contributed by atoms with Gasteiger partial charge >= 0.3 is 0 Å². The molecule has 1 heterocycles. The number of nitrogens with zero attached hydrogens (tertiary/aromatic N) is 1. The van der Waals surface area contributed by atoms with Gasteiger partial charge in [0.05, 0.1) is 6.54 Å². The zero-order valence-corrected chi connectivity index (χ0v) is 11.2. The van der Waals surface area contributed by atoms with E-state index in [2.05, 4.69) is 6.58 Å². The fraction of sp³-hybridized carbons (Fsp3) is 0.462. The van der Waals surface area contributed by atoms with E-state index >= 15 is 0 Å². The third-order valence-electron chi connectivity index (χ3n) is 2.35. The van der Waals surface area contributed by atoms with Crippen LogP contribution in [-0.4, -0.2) is 30.1 Å². The highest BCUT2D eigenvalue weighted by Gasteiger charge is 2.20. The van der Waals surface area contributed by atoms with Gasteiger partial charge < -0.3 is 9.64 Å². The summed E-state index contributed by atoms with van der Waals surface area (Å²) in [6, 6.07) is 4.02. The van der Waals surface area contributed by atoms with Gasteiger partial charge in [-0.15, -0.1) is 17.9 Å². The molecule has 3 nitrogen and oxygen atoms in total. The maximum absolute atomic E-state index is 12.1. The Morgan fingerprint density at radius 3 is 3.00 bits per heavy atom. The quantitative estimate of drug-likeness (QED) is 0.699. The molecule has 0 spiro atoms. The Morgan fingerprint density at radius 1 is 1.71 bits per heavy atom. The number of ether oxygens (including phenoxy) is 1. The molecule has 0 saturated heterocycles. The maximum Gasteiger partial charge on any atom is 0.252 e. The topological polar surface area (TPSA) is 29.5 Å². The molecule has 1 aromatic rings. The number of hydrogen-bond donors (Lipinski definition) is 0. The van der Waals surface area contributed by atoms with Crippen LogP contribution in [-0.2, 0) is 16.1 Å². The fourth-order valence-electron chi connectivity index (χ4n) is 1.56. The van der Waals surface area contributed by atoms with E-state index in [1.54, 1.807) is 29.2 Å². The minimum Gasteiger partial charge on any atom is -0.369 e. The Balaban J connectivity index is 2.64. The zero-order chi connectivity index (χ0) is 12.7. The van der Waals surface area contributed by atoms with Crippen LogP contribution in [0.25, 0.3) is 0 Å². The second kappa shape index (κ2) is 7.25. The Bertz CT molecular complexity index is 348. The Kier molecular flexibility index (Phi) is 5.94. The molecular weight excluding hydrogens is 234 g/mol. The van der Waals surface area contributed by atoms with Gasteiger partial charge in [0.15, 0.2) is 0 Å². The Morgan fingerprint density at radius 2 is 2.47 bits per heavy atom. The van der Waals surface area contributed by atoms with Gasteiger partial charge in [0, 0.05) is 18.0 Å². The van der Waals surface area contributed by atoms with Gasteiger partial charge in [-0.25, -0.2) is 0 Å². The number of carbonyl (C=O) groups excluding carboxylic acids is 1. The summed E-state index contributed by atoms with van der Waals surface area (Å²) >= 11 is 1.65. The first-order chi connectivity index (χ1) is 8.19. The van der Waals surface area contributed by atoms with Crippen LogP contribution in [0.1, 0.15) is 18.7 Å². The molecule has 0 aromatic carbocycles. The normalized spacial score (nSPS) is 12.1. The lowest BCUT2D eigenvalue weighted by atomic mass is 10.3. The Labute approximate surface area is 107 Å². The SMILES string of the molecule is C=CCN(Cc1cccs1)C(=O)C(C)OCC. The third-order valence-corrected chi connectivity index (χ3v) is 3.21. The summed E-state index contributed by atoms with van der Waals surface area (Å²) in [7, 11) is 0. The molecule has 4 heteroatoms. The number of thiophene rings is 1. The molecule has 1 rings (SSSR count). The second-order valence-corrected chi connectivity index (χ2v) is 4.72. The van der Waals surface area contributed by atoms with Crippen LogP contribution in [0.3, 0.4) is 0 Å². The van der Waals surface area contributed by atoms with Crippen molar-refractivity contribution in [2.45, 2.75) is 26.5 Å². The first-order valence-electron chi connectivity index (χ1n) is 5.72. The van der Waals surface area contributed by atoms with Gasteiger partial charge in [0.2, 0.25) is 0 Å². The summed E-state index contributed by atoms with van der Waals surface area (Å²) in [6.07, 6.45) is 1.35. The summed E-state index contributed by atoms with van der Waals surface area (Å²) in [5, 5.41) is 2.01. The van der Waals surface area contributed by atoms with Crippen LogP contribution in [0.2, 0.25) is 0 Å².